The van der Waals surface area contributed by atoms with Crippen molar-refractivity contribution in [3.05, 3.63) is 11.7 Å². The monoisotopic (exact) mass is 323 g/mol. The van der Waals surface area contributed by atoms with E-state index in [0.717, 1.165) is 18.7 Å². The predicted octanol–water partition coefficient (Wildman–Crippen LogP) is 0.972. The molecule has 2 fully saturated rings. The van der Waals surface area contributed by atoms with Crippen molar-refractivity contribution in [1.29, 1.82) is 0 Å². The van der Waals surface area contributed by atoms with E-state index in [9.17, 15) is 9.59 Å². The summed E-state index contributed by atoms with van der Waals surface area (Å²) >= 11 is 0. The Balaban J connectivity index is 1.40. The van der Waals surface area contributed by atoms with Gasteiger partial charge in [-0.1, -0.05) is 5.16 Å². The van der Waals surface area contributed by atoms with E-state index in [1.807, 2.05) is 0 Å². The maximum absolute atomic E-state index is 12.2. The Morgan fingerprint density at radius 1 is 1.35 bits per heavy atom. The van der Waals surface area contributed by atoms with Crippen LogP contribution in [0.4, 0.5) is 0 Å². The predicted molar refractivity (Wildman–Crippen MR) is 77.8 cm³/mol. The average Bonchev–Trinajstić information content (AvgIpc) is 3.26. The van der Waals surface area contributed by atoms with Crippen molar-refractivity contribution < 1.29 is 24.0 Å². The molecule has 1 aromatic heterocycles. The van der Waals surface area contributed by atoms with Gasteiger partial charge in [-0.15, -0.1) is 0 Å². The summed E-state index contributed by atoms with van der Waals surface area (Å²) in [6.07, 6.45) is 3.40. The van der Waals surface area contributed by atoms with E-state index in [-0.39, 0.29) is 12.3 Å². The lowest BCUT2D eigenvalue weighted by Gasteiger charge is -2.32. The molecule has 8 heteroatoms. The SMILES string of the molecule is O=C(O)CC1CN(C(=O)CCCc2nc(C3CC3)no2)CCO1. The van der Waals surface area contributed by atoms with Crippen LogP contribution in [0.3, 0.4) is 0 Å². The maximum atomic E-state index is 12.2. The topological polar surface area (TPSA) is 106 Å². The summed E-state index contributed by atoms with van der Waals surface area (Å²) in [5.74, 6) is 0.952. The Morgan fingerprint density at radius 2 is 2.17 bits per heavy atom. The van der Waals surface area contributed by atoms with E-state index in [1.165, 1.54) is 0 Å². The van der Waals surface area contributed by atoms with Gasteiger partial charge in [0.15, 0.2) is 5.82 Å². The van der Waals surface area contributed by atoms with Gasteiger partial charge in [0.05, 0.1) is 19.1 Å². The number of carboxylic acid groups (broad SMARTS) is 1. The smallest absolute Gasteiger partial charge is 0.306 e. The fraction of sp³-hybridized carbons (Fsp3) is 0.733. The Bertz CT molecular complexity index is 569. The molecule has 8 nitrogen and oxygen atoms in total. The molecule has 0 aromatic carbocycles. The maximum Gasteiger partial charge on any atom is 0.306 e. The van der Waals surface area contributed by atoms with Crippen LogP contribution in [0.25, 0.3) is 0 Å². The molecule has 2 aliphatic rings. The standard InChI is InChI=1S/C15H21N3O5/c19-13(18-6-7-22-11(9-18)8-14(20)21)3-1-2-12-16-15(17-23-12)10-4-5-10/h10-11H,1-9H2,(H,20,21). The van der Waals surface area contributed by atoms with Crippen LogP contribution in [0.2, 0.25) is 0 Å². The molecule has 0 radical (unpaired) electrons. The number of nitrogens with zero attached hydrogens (tertiary/aromatic N) is 3. The van der Waals surface area contributed by atoms with Crippen LogP contribution >= 0.6 is 0 Å². The largest absolute Gasteiger partial charge is 0.481 e. The Labute approximate surface area is 133 Å². The van der Waals surface area contributed by atoms with Crippen molar-refractivity contribution in [3.8, 4) is 0 Å². The van der Waals surface area contributed by atoms with Gasteiger partial charge in [0, 0.05) is 31.8 Å². The minimum atomic E-state index is -0.910. The zero-order valence-corrected chi connectivity index (χ0v) is 12.9. The number of rotatable bonds is 7. The minimum Gasteiger partial charge on any atom is -0.481 e. The Morgan fingerprint density at radius 3 is 2.91 bits per heavy atom. The molecule has 2 heterocycles. The highest BCUT2D eigenvalue weighted by atomic mass is 16.5. The molecule has 1 aliphatic heterocycles. The number of aryl methyl sites for hydroxylation is 1. The van der Waals surface area contributed by atoms with Gasteiger partial charge in [-0.25, -0.2) is 0 Å². The number of ether oxygens (including phenoxy) is 1. The van der Waals surface area contributed by atoms with Crippen LogP contribution in [0.15, 0.2) is 4.52 Å². The van der Waals surface area contributed by atoms with Gasteiger partial charge < -0.3 is 19.3 Å². The molecular formula is C15H21N3O5. The second kappa shape index (κ2) is 7.08. The highest BCUT2D eigenvalue weighted by molar-refractivity contribution is 5.76. The Kier molecular flexibility index (Phi) is 4.90. The third-order valence-electron chi connectivity index (χ3n) is 4.10. The van der Waals surface area contributed by atoms with Crippen molar-refractivity contribution in [1.82, 2.24) is 15.0 Å². The molecule has 1 atom stereocenters. The van der Waals surface area contributed by atoms with Crippen LogP contribution in [0, 0.1) is 0 Å². The molecule has 126 valence electrons. The number of morpholine rings is 1. The molecule has 1 saturated heterocycles. The zero-order chi connectivity index (χ0) is 16.2. The van der Waals surface area contributed by atoms with Crippen LogP contribution < -0.4 is 0 Å². The summed E-state index contributed by atoms with van der Waals surface area (Å²) in [6, 6.07) is 0. The molecule has 1 N–H and O–H groups in total. The van der Waals surface area contributed by atoms with E-state index in [1.54, 1.807) is 4.90 Å². The number of carboxylic acids is 1. The molecule has 1 amide bonds. The zero-order valence-electron chi connectivity index (χ0n) is 12.9. The van der Waals surface area contributed by atoms with Crippen molar-refractivity contribution in [2.75, 3.05) is 19.7 Å². The van der Waals surface area contributed by atoms with Crippen LogP contribution in [-0.4, -0.2) is 57.8 Å². The van der Waals surface area contributed by atoms with E-state index in [4.69, 9.17) is 14.4 Å². The minimum absolute atomic E-state index is 0.0191. The summed E-state index contributed by atoms with van der Waals surface area (Å²) in [7, 11) is 0. The lowest BCUT2D eigenvalue weighted by Crippen LogP contribution is -2.46. The van der Waals surface area contributed by atoms with Crippen molar-refractivity contribution in [3.63, 3.8) is 0 Å². The fourth-order valence-corrected chi connectivity index (χ4v) is 2.69. The summed E-state index contributed by atoms with van der Waals surface area (Å²) in [4.78, 5) is 28.9. The summed E-state index contributed by atoms with van der Waals surface area (Å²) in [5, 5.41) is 12.7. The lowest BCUT2D eigenvalue weighted by molar-refractivity contribution is -0.147. The number of hydrogen-bond donors (Lipinski definition) is 1. The van der Waals surface area contributed by atoms with E-state index < -0.39 is 12.1 Å². The fourth-order valence-electron chi connectivity index (χ4n) is 2.69. The van der Waals surface area contributed by atoms with Gasteiger partial charge in [0.1, 0.15) is 0 Å². The first-order chi connectivity index (χ1) is 11.1. The number of aliphatic carboxylic acids is 1. The summed E-state index contributed by atoms with van der Waals surface area (Å²) < 4.78 is 10.5. The average molecular weight is 323 g/mol. The van der Waals surface area contributed by atoms with Gasteiger partial charge in [-0.2, -0.15) is 4.98 Å². The van der Waals surface area contributed by atoms with Gasteiger partial charge in [-0.3, -0.25) is 9.59 Å². The first kappa shape index (κ1) is 15.9. The lowest BCUT2D eigenvalue weighted by atomic mass is 10.1. The molecule has 1 unspecified atom stereocenters. The summed E-state index contributed by atoms with van der Waals surface area (Å²) in [6.45, 7) is 1.25. The number of amides is 1. The molecular weight excluding hydrogens is 302 g/mol. The molecule has 0 bridgehead atoms. The first-order valence-electron chi connectivity index (χ1n) is 8.05. The molecule has 0 spiro atoms. The number of carbonyl (C=O) groups excluding carboxylic acids is 1. The van der Waals surface area contributed by atoms with Crippen LogP contribution in [0.5, 0.6) is 0 Å². The van der Waals surface area contributed by atoms with Crippen molar-refractivity contribution in [2.45, 2.75) is 50.5 Å². The van der Waals surface area contributed by atoms with Gasteiger partial charge in [0.25, 0.3) is 0 Å². The molecule has 1 aromatic rings. The normalized spacial score (nSPS) is 21.4. The van der Waals surface area contributed by atoms with Crippen LogP contribution in [0.1, 0.15) is 49.7 Å². The van der Waals surface area contributed by atoms with E-state index in [0.29, 0.717) is 50.8 Å². The molecule has 1 aliphatic carbocycles. The number of carbonyl (C=O) groups is 2. The van der Waals surface area contributed by atoms with E-state index >= 15 is 0 Å². The van der Waals surface area contributed by atoms with Crippen LogP contribution in [-0.2, 0) is 20.7 Å². The second-order valence-corrected chi connectivity index (χ2v) is 6.10. The van der Waals surface area contributed by atoms with Gasteiger partial charge in [0.2, 0.25) is 11.8 Å². The van der Waals surface area contributed by atoms with Gasteiger partial charge >= 0.3 is 5.97 Å². The van der Waals surface area contributed by atoms with Crippen molar-refractivity contribution >= 4 is 11.9 Å². The third kappa shape index (κ3) is 4.51. The quantitative estimate of drug-likeness (QED) is 0.797. The van der Waals surface area contributed by atoms with Gasteiger partial charge in [-0.05, 0) is 19.3 Å². The van der Waals surface area contributed by atoms with E-state index in [2.05, 4.69) is 10.1 Å². The third-order valence-corrected chi connectivity index (χ3v) is 4.10. The first-order valence-corrected chi connectivity index (χ1v) is 8.05. The molecule has 23 heavy (non-hydrogen) atoms. The Hall–Kier alpha value is -1.96. The highest BCUT2D eigenvalue weighted by Crippen LogP contribution is 2.38. The molecule has 3 rings (SSSR count). The van der Waals surface area contributed by atoms with Crippen molar-refractivity contribution in [2.24, 2.45) is 0 Å². The summed E-state index contributed by atoms with van der Waals surface area (Å²) in [5.41, 5.74) is 0. The second-order valence-electron chi connectivity index (χ2n) is 6.10. The number of aromatic nitrogens is 2. The number of hydrogen-bond acceptors (Lipinski definition) is 6. The molecule has 1 saturated carbocycles. The highest BCUT2D eigenvalue weighted by Gasteiger charge is 2.29.